The minimum absolute atomic E-state index is 0.405. The van der Waals surface area contributed by atoms with Gasteiger partial charge in [-0.2, -0.15) is 0 Å². The van der Waals surface area contributed by atoms with E-state index in [0.29, 0.717) is 5.56 Å². The molecule has 1 aliphatic rings. The van der Waals surface area contributed by atoms with Gasteiger partial charge in [0, 0.05) is 14.0 Å². The van der Waals surface area contributed by atoms with Crippen LogP contribution >= 0.6 is 0 Å². The van der Waals surface area contributed by atoms with E-state index < -0.39 is 36.2 Å². The number of hydrogen-bond donors (Lipinski definition) is 2. The first kappa shape index (κ1) is 15.0. The number of rotatable bonds is 5. The Kier molecular flexibility index (Phi) is 4.54. The number of esters is 1. The third kappa shape index (κ3) is 3.38. The molecule has 2 amide bonds. The lowest BCUT2D eigenvalue weighted by Gasteiger charge is -2.36. The van der Waals surface area contributed by atoms with Crippen LogP contribution in [0.3, 0.4) is 0 Å². The molecule has 7 heteroatoms. The largest absolute Gasteiger partial charge is 0.439 e. The Morgan fingerprint density at radius 3 is 2.48 bits per heavy atom. The second-order valence-electron chi connectivity index (χ2n) is 4.55. The number of nitrogens with one attached hydrogen (secondary N) is 2. The number of benzene rings is 1. The summed E-state index contributed by atoms with van der Waals surface area (Å²) in [6, 6.07) is 7.99. The maximum atomic E-state index is 12.2. The zero-order valence-corrected chi connectivity index (χ0v) is 11.7. The van der Waals surface area contributed by atoms with Gasteiger partial charge in [0.25, 0.3) is 11.8 Å². The molecule has 112 valence electrons. The molecule has 1 aliphatic heterocycles. The van der Waals surface area contributed by atoms with Gasteiger partial charge in [0.1, 0.15) is 0 Å². The molecule has 3 unspecified atom stereocenters. The first-order valence-electron chi connectivity index (χ1n) is 6.38. The highest BCUT2D eigenvalue weighted by atomic mass is 16.6. The predicted octanol–water partition coefficient (Wildman–Crippen LogP) is -0.122. The van der Waals surface area contributed by atoms with Crippen molar-refractivity contribution in [3.63, 3.8) is 0 Å². The Bertz CT molecular complexity index is 546. The van der Waals surface area contributed by atoms with Crippen LogP contribution in [0, 0.1) is 0 Å². The topological polar surface area (TPSA) is 93.7 Å². The smallest absolute Gasteiger partial charge is 0.304 e. The molecule has 0 aliphatic carbocycles. The summed E-state index contributed by atoms with van der Waals surface area (Å²) in [6.07, 6.45) is -1.68. The van der Waals surface area contributed by atoms with E-state index in [1.807, 2.05) is 6.07 Å². The van der Waals surface area contributed by atoms with E-state index in [4.69, 9.17) is 9.47 Å². The quantitative estimate of drug-likeness (QED) is 0.583. The van der Waals surface area contributed by atoms with Crippen molar-refractivity contribution in [2.45, 2.75) is 25.3 Å². The number of carbonyl (C=O) groups excluding carboxylic acids is 3. The standard InChI is InChI=1S/C14H16N2O5/c1-8(17)21-14-10(12(18)16-14)15-13(19)11(20-2)9-6-4-3-5-7-9/h3-7,10-11,14H,1-2H3,(H,15,19)(H,16,18). The van der Waals surface area contributed by atoms with Crippen LogP contribution in [0.4, 0.5) is 0 Å². The van der Waals surface area contributed by atoms with Crippen molar-refractivity contribution in [3.8, 4) is 0 Å². The van der Waals surface area contributed by atoms with E-state index in [2.05, 4.69) is 10.6 Å². The summed E-state index contributed by atoms with van der Waals surface area (Å²) in [4.78, 5) is 34.5. The SMILES string of the molecule is COC(C(=O)NC1C(=O)NC1OC(C)=O)c1ccccc1. The van der Waals surface area contributed by atoms with Gasteiger partial charge in [0.15, 0.2) is 12.1 Å². The second kappa shape index (κ2) is 6.36. The van der Waals surface area contributed by atoms with Gasteiger partial charge in [0.05, 0.1) is 0 Å². The van der Waals surface area contributed by atoms with Crippen LogP contribution in [0.5, 0.6) is 0 Å². The zero-order valence-electron chi connectivity index (χ0n) is 11.7. The lowest BCUT2D eigenvalue weighted by atomic mass is 10.1. The monoisotopic (exact) mass is 292 g/mol. The van der Waals surface area contributed by atoms with Gasteiger partial charge < -0.3 is 20.1 Å². The molecule has 0 bridgehead atoms. The van der Waals surface area contributed by atoms with Crippen molar-refractivity contribution in [2.24, 2.45) is 0 Å². The predicted molar refractivity (Wildman–Crippen MR) is 71.8 cm³/mol. The third-order valence-corrected chi connectivity index (χ3v) is 3.04. The summed E-state index contributed by atoms with van der Waals surface area (Å²) in [5.74, 6) is -1.41. The van der Waals surface area contributed by atoms with Crippen LogP contribution in [0.25, 0.3) is 0 Å². The Hall–Kier alpha value is -2.41. The normalized spacial score (nSPS) is 21.7. The van der Waals surface area contributed by atoms with E-state index >= 15 is 0 Å². The molecule has 0 saturated carbocycles. The van der Waals surface area contributed by atoms with Crippen molar-refractivity contribution in [1.29, 1.82) is 0 Å². The van der Waals surface area contributed by atoms with Crippen LogP contribution in [-0.4, -0.2) is 37.2 Å². The van der Waals surface area contributed by atoms with Gasteiger partial charge >= 0.3 is 5.97 Å². The molecule has 0 spiro atoms. The molecule has 0 aromatic heterocycles. The van der Waals surface area contributed by atoms with E-state index in [9.17, 15) is 14.4 Å². The molecule has 21 heavy (non-hydrogen) atoms. The number of β-lactam (4-membered cyclic amide) rings is 1. The second-order valence-corrected chi connectivity index (χ2v) is 4.55. The Balaban J connectivity index is 2.02. The minimum atomic E-state index is -0.900. The average Bonchev–Trinajstić information content (AvgIpc) is 2.46. The molecule has 1 heterocycles. The highest BCUT2D eigenvalue weighted by Crippen LogP contribution is 2.18. The highest BCUT2D eigenvalue weighted by Gasteiger charge is 2.43. The van der Waals surface area contributed by atoms with Crippen LogP contribution in [0.15, 0.2) is 30.3 Å². The maximum absolute atomic E-state index is 12.2. The maximum Gasteiger partial charge on any atom is 0.304 e. The molecular formula is C14H16N2O5. The van der Waals surface area contributed by atoms with Gasteiger partial charge in [-0.05, 0) is 5.56 Å². The fraction of sp³-hybridized carbons (Fsp3) is 0.357. The molecule has 0 radical (unpaired) electrons. The molecule has 1 saturated heterocycles. The first-order chi connectivity index (χ1) is 10.0. The molecule has 2 N–H and O–H groups in total. The molecule has 7 nitrogen and oxygen atoms in total. The van der Waals surface area contributed by atoms with Crippen molar-refractivity contribution in [1.82, 2.24) is 10.6 Å². The van der Waals surface area contributed by atoms with Crippen LogP contribution in [-0.2, 0) is 23.9 Å². The van der Waals surface area contributed by atoms with Gasteiger partial charge in [0.2, 0.25) is 6.23 Å². The average molecular weight is 292 g/mol. The number of amides is 2. The summed E-state index contributed by atoms with van der Waals surface area (Å²) in [7, 11) is 1.40. The Labute approximate surface area is 121 Å². The summed E-state index contributed by atoms with van der Waals surface area (Å²) in [6.45, 7) is 1.23. The van der Waals surface area contributed by atoms with E-state index in [0.717, 1.165) is 0 Å². The van der Waals surface area contributed by atoms with E-state index in [1.54, 1.807) is 24.3 Å². The summed E-state index contributed by atoms with van der Waals surface area (Å²) >= 11 is 0. The molecule has 1 aromatic carbocycles. The lowest BCUT2D eigenvalue weighted by molar-refractivity contribution is -0.165. The molecular weight excluding hydrogens is 276 g/mol. The molecule has 3 atom stereocenters. The van der Waals surface area contributed by atoms with Gasteiger partial charge in [-0.25, -0.2) is 0 Å². The first-order valence-corrected chi connectivity index (χ1v) is 6.38. The number of carbonyl (C=O) groups is 3. The summed E-state index contributed by atoms with van der Waals surface area (Å²) < 4.78 is 10.0. The van der Waals surface area contributed by atoms with Crippen molar-refractivity contribution >= 4 is 17.8 Å². The van der Waals surface area contributed by atoms with Crippen molar-refractivity contribution < 1.29 is 23.9 Å². The van der Waals surface area contributed by atoms with Crippen LogP contribution in [0.1, 0.15) is 18.6 Å². The van der Waals surface area contributed by atoms with E-state index in [1.165, 1.54) is 14.0 Å². The Morgan fingerprint density at radius 2 is 1.95 bits per heavy atom. The Morgan fingerprint density at radius 1 is 1.29 bits per heavy atom. The third-order valence-electron chi connectivity index (χ3n) is 3.04. The summed E-state index contributed by atoms with van der Waals surface area (Å²) in [5.41, 5.74) is 0.668. The number of ether oxygens (including phenoxy) is 2. The van der Waals surface area contributed by atoms with E-state index in [-0.39, 0.29) is 0 Å². The van der Waals surface area contributed by atoms with Gasteiger partial charge in [-0.15, -0.1) is 0 Å². The molecule has 2 rings (SSSR count). The number of hydrogen-bond acceptors (Lipinski definition) is 5. The van der Waals surface area contributed by atoms with Crippen LogP contribution in [0.2, 0.25) is 0 Å². The van der Waals surface area contributed by atoms with Crippen molar-refractivity contribution in [3.05, 3.63) is 35.9 Å². The fourth-order valence-electron chi connectivity index (χ4n) is 2.02. The number of methoxy groups -OCH3 is 1. The highest BCUT2D eigenvalue weighted by molar-refractivity contribution is 5.94. The zero-order chi connectivity index (χ0) is 15.4. The lowest BCUT2D eigenvalue weighted by Crippen LogP contribution is -2.70. The van der Waals surface area contributed by atoms with Gasteiger partial charge in [-0.3, -0.25) is 14.4 Å². The van der Waals surface area contributed by atoms with Crippen molar-refractivity contribution in [2.75, 3.05) is 7.11 Å². The summed E-state index contributed by atoms with van der Waals surface area (Å²) in [5, 5.41) is 4.91. The fourth-order valence-corrected chi connectivity index (χ4v) is 2.02. The molecule has 1 aromatic rings. The van der Waals surface area contributed by atoms with Crippen LogP contribution < -0.4 is 10.6 Å². The minimum Gasteiger partial charge on any atom is -0.439 e. The van der Waals surface area contributed by atoms with Gasteiger partial charge in [-0.1, -0.05) is 30.3 Å². The molecule has 1 fully saturated rings.